The Hall–Kier alpha value is 0.0800. The van der Waals surface area contributed by atoms with E-state index in [1.54, 1.807) is 24.2 Å². The lowest BCUT2D eigenvalue weighted by Gasteiger charge is -1.99. The van der Waals surface area contributed by atoms with Crippen LogP contribution in [0.4, 0.5) is 0 Å². The van der Waals surface area contributed by atoms with Gasteiger partial charge in [0.1, 0.15) is 0 Å². The van der Waals surface area contributed by atoms with Crippen molar-refractivity contribution in [1.82, 2.24) is 4.98 Å². The highest BCUT2D eigenvalue weighted by Crippen LogP contribution is 2.25. The van der Waals surface area contributed by atoms with E-state index in [1.165, 1.54) is 0 Å². The third kappa shape index (κ3) is 2.89. The zero-order valence-corrected chi connectivity index (χ0v) is 8.09. The number of aromatic nitrogens is 1. The maximum Gasteiger partial charge on any atom is 0.0725 e. The molecule has 1 aromatic heterocycles. The third-order valence-electron chi connectivity index (χ3n) is 1.07. The topological polar surface area (TPSA) is 12.9 Å². The van der Waals surface area contributed by atoms with E-state index in [0.717, 1.165) is 10.6 Å². The van der Waals surface area contributed by atoms with Crippen LogP contribution in [-0.2, 0) is 0 Å². The molecule has 0 atom stereocenters. The van der Waals surface area contributed by atoms with Crippen LogP contribution >= 0.6 is 35.0 Å². The Bertz CT molecular complexity index is 229. The van der Waals surface area contributed by atoms with Gasteiger partial charge in [0.25, 0.3) is 0 Å². The quantitative estimate of drug-likeness (QED) is 0.559. The summed E-state index contributed by atoms with van der Waals surface area (Å²) in [5.74, 6) is 1.52. The second kappa shape index (κ2) is 4.86. The van der Waals surface area contributed by atoms with Gasteiger partial charge in [0.05, 0.1) is 5.02 Å². The molecule has 1 rings (SSSR count). The monoisotopic (exact) mass is 207 g/mol. The van der Waals surface area contributed by atoms with E-state index in [9.17, 15) is 0 Å². The van der Waals surface area contributed by atoms with Crippen molar-refractivity contribution in [1.29, 1.82) is 0 Å². The van der Waals surface area contributed by atoms with Crippen LogP contribution in [0.3, 0.4) is 0 Å². The molecule has 11 heavy (non-hydrogen) atoms. The summed E-state index contributed by atoms with van der Waals surface area (Å²) in [6.45, 7) is 0. The molecule has 0 aromatic carbocycles. The molecule has 60 valence electrons. The number of hydrogen-bond acceptors (Lipinski definition) is 2. The average Bonchev–Trinajstić information content (AvgIpc) is 2.03. The summed E-state index contributed by atoms with van der Waals surface area (Å²) in [6, 6.07) is 1.89. The average molecular weight is 208 g/mol. The molecule has 0 amide bonds. The molecule has 0 saturated heterocycles. The fraction of sp³-hybridized carbons (Fsp3) is 0.286. The van der Waals surface area contributed by atoms with Crippen molar-refractivity contribution in [3.8, 4) is 0 Å². The van der Waals surface area contributed by atoms with Gasteiger partial charge in [-0.3, -0.25) is 4.98 Å². The molecule has 1 nitrogen and oxygen atoms in total. The number of hydrogen-bond donors (Lipinski definition) is 0. The van der Waals surface area contributed by atoms with E-state index in [-0.39, 0.29) is 0 Å². The van der Waals surface area contributed by atoms with E-state index in [1.807, 2.05) is 6.07 Å². The highest BCUT2D eigenvalue weighted by Gasteiger charge is 1.97. The van der Waals surface area contributed by atoms with Crippen LogP contribution in [-0.4, -0.2) is 16.6 Å². The Kier molecular flexibility index (Phi) is 4.05. The highest BCUT2D eigenvalue weighted by molar-refractivity contribution is 7.99. The molecular weight excluding hydrogens is 201 g/mol. The number of rotatable bonds is 3. The maximum atomic E-state index is 5.83. The Morgan fingerprint density at radius 3 is 3.00 bits per heavy atom. The van der Waals surface area contributed by atoms with Crippen LogP contribution in [0.5, 0.6) is 0 Å². The van der Waals surface area contributed by atoms with E-state index < -0.39 is 0 Å². The molecule has 0 bridgehead atoms. The van der Waals surface area contributed by atoms with E-state index in [4.69, 9.17) is 23.2 Å². The summed E-state index contributed by atoms with van der Waals surface area (Å²) in [4.78, 5) is 4.92. The number of halogens is 2. The van der Waals surface area contributed by atoms with Gasteiger partial charge in [-0.2, -0.15) is 0 Å². The van der Waals surface area contributed by atoms with E-state index >= 15 is 0 Å². The summed E-state index contributed by atoms with van der Waals surface area (Å²) in [7, 11) is 0. The van der Waals surface area contributed by atoms with Gasteiger partial charge < -0.3 is 0 Å². The van der Waals surface area contributed by atoms with Crippen LogP contribution in [0.25, 0.3) is 0 Å². The lowest BCUT2D eigenvalue weighted by molar-refractivity contribution is 1.26. The second-order valence-electron chi connectivity index (χ2n) is 1.84. The van der Waals surface area contributed by atoms with Crippen molar-refractivity contribution in [2.75, 3.05) is 11.6 Å². The van der Waals surface area contributed by atoms with Gasteiger partial charge >= 0.3 is 0 Å². The van der Waals surface area contributed by atoms with Crippen molar-refractivity contribution in [2.24, 2.45) is 0 Å². The van der Waals surface area contributed by atoms with Crippen molar-refractivity contribution in [3.63, 3.8) is 0 Å². The predicted octanol–water partition coefficient (Wildman–Crippen LogP) is 3.07. The lowest BCUT2D eigenvalue weighted by atomic mass is 10.5. The zero-order valence-electron chi connectivity index (χ0n) is 5.76. The molecule has 4 heteroatoms. The van der Waals surface area contributed by atoms with Crippen molar-refractivity contribution in [2.45, 2.75) is 4.90 Å². The molecule has 0 unspecified atom stereocenters. The molecule has 0 aliphatic carbocycles. The van der Waals surface area contributed by atoms with Gasteiger partial charge in [-0.15, -0.1) is 23.4 Å². The van der Waals surface area contributed by atoms with Gasteiger partial charge in [-0.25, -0.2) is 0 Å². The number of alkyl halides is 1. The Morgan fingerprint density at radius 1 is 1.55 bits per heavy atom. The van der Waals surface area contributed by atoms with Crippen molar-refractivity contribution in [3.05, 3.63) is 23.5 Å². The number of thioether (sulfide) groups is 1. The molecule has 0 saturated carbocycles. The number of nitrogens with zero attached hydrogens (tertiary/aromatic N) is 1. The van der Waals surface area contributed by atoms with Gasteiger partial charge in [0, 0.05) is 28.9 Å². The van der Waals surface area contributed by atoms with Gasteiger partial charge in [0.2, 0.25) is 0 Å². The second-order valence-corrected chi connectivity index (χ2v) is 3.77. The van der Waals surface area contributed by atoms with Crippen LogP contribution in [0.15, 0.2) is 23.4 Å². The normalized spacial score (nSPS) is 10.0. The van der Waals surface area contributed by atoms with Crippen molar-refractivity contribution >= 4 is 35.0 Å². The van der Waals surface area contributed by atoms with E-state index in [2.05, 4.69) is 4.98 Å². The first kappa shape index (κ1) is 9.17. The smallest absolute Gasteiger partial charge is 0.0725 e. The molecule has 0 aliphatic rings. The molecule has 0 aliphatic heterocycles. The standard InChI is InChI=1S/C7H7Cl2NS/c8-2-4-11-7-1-3-10-5-6(7)9/h1,3,5H,2,4H2. The summed E-state index contributed by atoms with van der Waals surface area (Å²) < 4.78 is 0. The maximum absolute atomic E-state index is 5.83. The molecule has 0 radical (unpaired) electrons. The van der Waals surface area contributed by atoms with Crippen LogP contribution in [0, 0.1) is 0 Å². The SMILES string of the molecule is ClCCSc1ccncc1Cl. The molecule has 0 spiro atoms. The van der Waals surface area contributed by atoms with Gasteiger partial charge in [0.15, 0.2) is 0 Å². The minimum absolute atomic E-state index is 0.642. The van der Waals surface area contributed by atoms with Crippen LogP contribution < -0.4 is 0 Å². The molecular formula is C7H7Cl2NS. The highest BCUT2D eigenvalue weighted by atomic mass is 35.5. The molecule has 0 N–H and O–H groups in total. The first-order chi connectivity index (χ1) is 5.34. The first-order valence-corrected chi connectivity index (χ1v) is 5.02. The molecule has 1 aromatic rings. The fourth-order valence-electron chi connectivity index (χ4n) is 0.628. The lowest BCUT2D eigenvalue weighted by Crippen LogP contribution is -1.81. The zero-order chi connectivity index (χ0) is 8.10. The van der Waals surface area contributed by atoms with Crippen LogP contribution in [0.2, 0.25) is 5.02 Å². The third-order valence-corrected chi connectivity index (χ3v) is 2.97. The molecule has 1 heterocycles. The van der Waals surface area contributed by atoms with E-state index in [0.29, 0.717) is 10.9 Å². The van der Waals surface area contributed by atoms with Crippen molar-refractivity contribution < 1.29 is 0 Å². The fourth-order valence-corrected chi connectivity index (χ4v) is 1.79. The summed E-state index contributed by atoms with van der Waals surface area (Å²) in [5.41, 5.74) is 0. The van der Waals surface area contributed by atoms with Crippen LogP contribution in [0.1, 0.15) is 0 Å². The Labute approximate surface area is 80.1 Å². The first-order valence-electron chi connectivity index (χ1n) is 3.13. The Balaban J connectivity index is 2.62. The minimum Gasteiger partial charge on any atom is -0.263 e. The Morgan fingerprint density at radius 2 is 2.36 bits per heavy atom. The number of pyridine rings is 1. The predicted molar refractivity (Wildman–Crippen MR) is 50.7 cm³/mol. The summed E-state index contributed by atoms with van der Waals surface area (Å²) in [6.07, 6.45) is 3.36. The molecule has 0 fully saturated rings. The van der Waals surface area contributed by atoms with Gasteiger partial charge in [-0.1, -0.05) is 11.6 Å². The summed E-state index contributed by atoms with van der Waals surface area (Å²) >= 11 is 13.0. The minimum atomic E-state index is 0.642. The van der Waals surface area contributed by atoms with Gasteiger partial charge in [-0.05, 0) is 6.07 Å². The largest absolute Gasteiger partial charge is 0.263 e. The summed E-state index contributed by atoms with van der Waals surface area (Å²) in [5, 5.41) is 0.697.